The molecule has 1 heterocycles. The molecule has 2 bridgehead atoms. The van der Waals surface area contributed by atoms with Crippen LogP contribution in [0.1, 0.15) is 30.1 Å². The molecule has 2 saturated carbocycles. The van der Waals surface area contributed by atoms with Crippen molar-refractivity contribution in [2.24, 2.45) is 35.5 Å². The molecule has 1 aliphatic heterocycles. The second kappa shape index (κ2) is 6.65. The lowest BCUT2D eigenvalue weighted by Crippen LogP contribution is -2.40. The first kappa shape index (κ1) is 18.3. The number of carbonyl (C=O) groups excluding carboxylic acids is 4. The Morgan fingerprint density at radius 1 is 1.03 bits per heavy atom. The van der Waals surface area contributed by atoms with E-state index in [2.05, 4.69) is 12.2 Å². The van der Waals surface area contributed by atoms with Crippen molar-refractivity contribution in [3.05, 3.63) is 48.0 Å². The molecule has 1 aromatic carbocycles. The molecule has 0 unspecified atom stereocenters. The van der Waals surface area contributed by atoms with Gasteiger partial charge in [0, 0.05) is 12.1 Å². The lowest BCUT2D eigenvalue weighted by atomic mass is 9.63. The summed E-state index contributed by atoms with van der Waals surface area (Å²) in [6, 6.07) is 8.64. The fourth-order valence-corrected chi connectivity index (χ4v) is 5.59. The molecule has 0 spiro atoms. The van der Waals surface area contributed by atoms with E-state index in [0.29, 0.717) is 17.4 Å². The van der Waals surface area contributed by atoms with Crippen LogP contribution in [0.3, 0.4) is 0 Å². The van der Waals surface area contributed by atoms with E-state index in [0.717, 1.165) is 6.42 Å². The summed E-state index contributed by atoms with van der Waals surface area (Å²) in [6.07, 6.45) is 4.36. The van der Waals surface area contributed by atoms with Crippen molar-refractivity contribution in [2.45, 2.75) is 25.9 Å². The maximum absolute atomic E-state index is 12.9. The van der Waals surface area contributed by atoms with E-state index in [9.17, 15) is 19.2 Å². The number of likely N-dealkylation sites (tertiary alicyclic amines) is 1. The van der Waals surface area contributed by atoms with Gasteiger partial charge in [0.05, 0.1) is 18.3 Å². The van der Waals surface area contributed by atoms with Gasteiger partial charge in [0.15, 0.2) is 6.10 Å². The number of allylic oxidation sites excluding steroid dienone is 2. The number of hydrogen-bond donors (Lipinski definition) is 0. The van der Waals surface area contributed by atoms with E-state index in [1.807, 2.05) is 0 Å². The summed E-state index contributed by atoms with van der Waals surface area (Å²) >= 11 is 0. The first-order valence-electron chi connectivity index (χ1n) is 10.3. The summed E-state index contributed by atoms with van der Waals surface area (Å²) in [7, 11) is 0. The van der Waals surface area contributed by atoms with Gasteiger partial charge in [0.2, 0.25) is 17.6 Å². The molecule has 0 aromatic heterocycles. The van der Waals surface area contributed by atoms with Crippen molar-refractivity contribution >= 4 is 23.6 Å². The molecule has 6 rings (SSSR count). The predicted molar refractivity (Wildman–Crippen MR) is 102 cm³/mol. The summed E-state index contributed by atoms with van der Waals surface area (Å²) in [4.78, 5) is 51.6. The van der Waals surface area contributed by atoms with Crippen molar-refractivity contribution in [3.63, 3.8) is 0 Å². The number of hydrogen-bond acceptors (Lipinski definition) is 5. The molecule has 150 valence electrons. The average molecular weight is 393 g/mol. The zero-order chi connectivity index (χ0) is 20.3. The Morgan fingerprint density at radius 2 is 1.62 bits per heavy atom. The van der Waals surface area contributed by atoms with Gasteiger partial charge in [0.25, 0.3) is 0 Å². The van der Waals surface area contributed by atoms with E-state index in [1.165, 1.54) is 11.8 Å². The molecule has 29 heavy (non-hydrogen) atoms. The zero-order valence-corrected chi connectivity index (χ0v) is 16.2. The molecular weight excluding hydrogens is 370 g/mol. The topological polar surface area (TPSA) is 80.8 Å². The lowest BCUT2D eigenvalue weighted by Gasteiger charge is -2.37. The Bertz CT molecular complexity index is 886. The van der Waals surface area contributed by atoms with Gasteiger partial charge in [0.1, 0.15) is 0 Å². The highest BCUT2D eigenvalue weighted by molar-refractivity contribution is 6.06. The van der Waals surface area contributed by atoms with Gasteiger partial charge < -0.3 is 4.74 Å². The van der Waals surface area contributed by atoms with Crippen LogP contribution in [0.4, 0.5) is 0 Å². The van der Waals surface area contributed by atoms with Gasteiger partial charge in [-0.05, 0) is 37.0 Å². The number of nitrogens with zero attached hydrogens (tertiary/aromatic N) is 1. The maximum Gasteiger partial charge on any atom is 0.308 e. The number of benzene rings is 1. The smallest absolute Gasteiger partial charge is 0.308 e. The third-order valence-electron chi connectivity index (χ3n) is 7.03. The molecule has 7 atom stereocenters. The number of ether oxygens (including phenoxy) is 1. The highest BCUT2D eigenvalue weighted by Gasteiger charge is 2.66. The van der Waals surface area contributed by atoms with Crippen LogP contribution >= 0.6 is 0 Å². The number of esters is 1. The van der Waals surface area contributed by atoms with E-state index >= 15 is 0 Å². The molecule has 6 heteroatoms. The normalized spacial score (nSPS) is 34.6. The summed E-state index contributed by atoms with van der Waals surface area (Å²) in [5, 5.41) is 0. The molecule has 1 aromatic rings. The SMILES string of the molecule is C[C@H](OC(=O)CCN1C(=O)[C@@H]2[C@@H]3C=C[C@H]([C@H]4C[C@H]34)[C@@H]2C1=O)C(=O)c1ccccc1. The number of ketones is 1. The van der Waals surface area contributed by atoms with Gasteiger partial charge >= 0.3 is 5.97 Å². The van der Waals surface area contributed by atoms with Gasteiger partial charge in [-0.3, -0.25) is 24.1 Å². The Labute approximate surface area is 168 Å². The lowest BCUT2D eigenvalue weighted by molar-refractivity contribution is -0.148. The molecule has 4 aliphatic carbocycles. The van der Waals surface area contributed by atoms with E-state index in [4.69, 9.17) is 4.74 Å². The molecule has 0 radical (unpaired) electrons. The maximum atomic E-state index is 12.9. The van der Waals surface area contributed by atoms with Crippen molar-refractivity contribution in [3.8, 4) is 0 Å². The highest BCUT2D eigenvalue weighted by Crippen LogP contribution is 2.65. The standard InChI is InChI=1S/C23H23NO5/c1-12(21(26)13-5-3-2-4-6-13)29-18(25)9-10-24-22(27)19-14-7-8-15(17-11-16(14)17)20(19)23(24)28/h2-8,12,14-17,19-20H,9-11H2,1H3/t12-,14+,15+,16+,17+,19-,20+/m0/s1. The van der Waals surface area contributed by atoms with Crippen molar-refractivity contribution in [1.82, 2.24) is 4.90 Å². The predicted octanol–water partition coefficient (Wildman–Crippen LogP) is 2.24. The third kappa shape index (κ3) is 2.84. The Morgan fingerprint density at radius 3 is 2.21 bits per heavy atom. The fraction of sp³-hybridized carbons (Fsp3) is 0.478. The first-order valence-corrected chi connectivity index (χ1v) is 10.3. The molecule has 1 saturated heterocycles. The van der Waals surface area contributed by atoms with Crippen LogP contribution in [0.2, 0.25) is 0 Å². The van der Waals surface area contributed by atoms with Crippen LogP contribution in [0, 0.1) is 35.5 Å². The van der Waals surface area contributed by atoms with E-state index in [1.54, 1.807) is 30.3 Å². The monoisotopic (exact) mass is 393 g/mol. The largest absolute Gasteiger partial charge is 0.454 e. The second-order valence-corrected chi connectivity index (χ2v) is 8.60. The average Bonchev–Trinajstić information content (AvgIpc) is 3.51. The zero-order valence-electron chi connectivity index (χ0n) is 16.2. The Kier molecular flexibility index (Phi) is 4.19. The summed E-state index contributed by atoms with van der Waals surface area (Å²) < 4.78 is 5.24. The number of Topliss-reactive ketones (excluding diaryl/α,β-unsaturated/α-hetero) is 1. The third-order valence-corrected chi connectivity index (χ3v) is 7.03. The number of amides is 2. The van der Waals surface area contributed by atoms with Crippen molar-refractivity contribution in [1.29, 1.82) is 0 Å². The highest BCUT2D eigenvalue weighted by atomic mass is 16.5. The summed E-state index contributed by atoms with van der Waals surface area (Å²) in [6.45, 7) is 1.55. The summed E-state index contributed by atoms with van der Waals surface area (Å²) in [5.41, 5.74) is 0.475. The second-order valence-electron chi connectivity index (χ2n) is 8.60. The van der Waals surface area contributed by atoms with Gasteiger partial charge in [-0.15, -0.1) is 0 Å². The van der Waals surface area contributed by atoms with Crippen LogP contribution in [0.5, 0.6) is 0 Å². The minimum atomic E-state index is -0.912. The quantitative estimate of drug-likeness (QED) is 0.320. The number of rotatable bonds is 6. The number of carbonyl (C=O) groups is 4. The van der Waals surface area contributed by atoms with Crippen LogP contribution in [0.15, 0.2) is 42.5 Å². The molecular formula is C23H23NO5. The van der Waals surface area contributed by atoms with E-state index in [-0.39, 0.29) is 54.2 Å². The van der Waals surface area contributed by atoms with Gasteiger partial charge in [-0.2, -0.15) is 0 Å². The van der Waals surface area contributed by atoms with Crippen LogP contribution < -0.4 is 0 Å². The van der Waals surface area contributed by atoms with Gasteiger partial charge in [-0.25, -0.2) is 0 Å². The van der Waals surface area contributed by atoms with Gasteiger partial charge in [-0.1, -0.05) is 42.5 Å². The molecule has 2 amide bonds. The molecule has 3 fully saturated rings. The van der Waals surface area contributed by atoms with Crippen LogP contribution in [-0.2, 0) is 19.1 Å². The Balaban J connectivity index is 1.19. The van der Waals surface area contributed by atoms with E-state index < -0.39 is 12.1 Å². The van der Waals surface area contributed by atoms with Crippen molar-refractivity contribution in [2.75, 3.05) is 6.54 Å². The number of imide groups is 1. The van der Waals surface area contributed by atoms with Crippen LogP contribution in [0.25, 0.3) is 0 Å². The molecule has 0 N–H and O–H groups in total. The molecule has 6 nitrogen and oxygen atoms in total. The van der Waals surface area contributed by atoms with Crippen molar-refractivity contribution < 1.29 is 23.9 Å². The van der Waals surface area contributed by atoms with Crippen LogP contribution in [-0.4, -0.2) is 41.1 Å². The molecule has 5 aliphatic rings. The fourth-order valence-electron chi connectivity index (χ4n) is 5.59. The Hall–Kier alpha value is -2.76. The minimum Gasteiger partial charge on any atom is -0.454 e. The summed E-state index contributed by atoms with van der Waals surface area (Å²) in [5.74, 6) is -0.209. The minimum absolute atomic E-state index is 0.0184. The first-order chi connectivity index (χ1) is 14.0.